The van der Waals surface area contributed by atoms with Gasteiger partial charge in [0.05, 0.1) is 5.84 Å². The molecule has 6 heteroatoms. The highest BCUT2D eigenvalue weighted by atomic mass is 32.2. The highest BCUT2D eigenvalue weighted by Gasteiger charge is 2.17. The van der Waals surface area contributed by atoms with E-state index in [0.29, 0.717) is 6.42 Å². The van der Waals surface area contributed by atoms with E-state index < -0.39 is 0 Å². The van der Waals surface area contributed by atoms with Crippen LogP contribution in [0.25, 0.3) is 5.65 Å². The number of nitrogens with one attached hydrogen (secondary N) is 1. The van der Waals surface area contributed by atoms with E-state index in [1.165, 1.54) is 0 Å². The molecule has 0 amide bonds. The molecule has 106 valence electrons. The molecule has 0 radical (unpaired) electrons. The Morgan fingerprint density at radius 2 is 1.90 bits per heavy atom. The van der Waals surface area contributed by atoms with Crippen LogP contribution in [0.3, 0.4) is 0 Å². The summed E-state index contributed by atoms with van der Waals surface area (Å²) in [5, 5.41) is 16.8. The van der Waals surface area contributed by atoms with Gasteiger partial charge in [-0.2, -0.15) is 0 Å². The lowest BCUT2D eigenvalue weighted by Crippen LogP contribution is -2.13. The van der Waals surface area contributed by atoms with Gasteiger partial charge in [0, 0.05) is 17.9 Å². The summed E-state index contributed by atoms with van der Waals surface area (Å²) in [6.45, 7) is 0. The number of aromatic nitrogens is 3. The van der Waals surface area contributed by atoms with Crippen molar-refractivity contribution in [1.29, 1.82) is 5.41 Å². The van der Waals surface area contributed by atoms with Crippen LogP contribution in [0.2, 0.25) is 0 Å². The van der Waals surface area contributed by atoms with Crippen LogP contribution in [0.4, 0.5) is 0 Å². The Balaban J connectivity index is 1.93. The van der Waals surface area contributed by atoms with Gasteiger partial charge < -0.3 is 5.73 Å². The molecular formula is C15H15N5S. The maximum atomic E-state index is 7.59. The minimum Gasteiger partial charge on any atom is -0.388 e. The highest BCUT2D eigenvalue weighted by molar-refractivity contribution is 7.99. The first-order valence-corrected chi connectivity index (χ1v) is 7.46. The number of amidine groups is 1. The number of thioether (sulfide) groups is 1. The minimum atomic E-state index is 0.0521. The number of benzene rings is 1. The van der Waals surface area contributed by atoms with E-state index in [0.717, 1.165) is 16.4 Å². The Morgan fingerprint density at radius 3 is 2.67 bits per heavy atom. The van der Waals surface area contributed by atoms with Gasteiger partial charge in [0.2, 0.25) is 0 Å². The molecule has 0 saturated heterocycles. The lowest BCUT2D eigenvalue weighted by atomic mass is 10.1. The first-order valence-electron chi connectivity index (χ1n) is 6.58. The molecule has 3 N–H and O–H groups in total. The van der Waals surface area contributed by atoms with Crippen molar-refractivity contribution in [3.05, 3.63) is 60.3 Å². The maximum Gasteiger partial charge on any atom is 0.196 e. The summed E-state index contributed by atoms with van der Waals surface area (Å²) in [4.78, 5) is 0. The van der Waals surface area contributed by atoms with Crippen molar-refractivity contribution in [3.8, 4) is 0 Å². The number of pyridine rings is 1. The molecule has 0 fully saturated rings. The van der Waals surface area contributed by atoms with E-state index >= 15 is 0 Å². The summed E-state index contributed by atoms with van der Waals surface area (Å²) in [5.41, 5.74) is 7.54. The predicted molar refractivity (Wildman–Crippen MR) is 84.6 cm³/mol. The fraction of sp³-hybridized carbons (Fsp3) is 0.133. The fourth-order valence-electron chi connectivity index (χ4n) is 2.12. The zero-order valence-electron chi connectivity index (χ0n) is 11.3. The third-order valence-corrected chi connectivity index (χ3v) is 4.32. The summed E-state index contributed by atoms with van der Waals surface area (Å²) in [6, 6.07) is 15.8. The van der Waals surface area contributed by atoms with Crippen molar-refractivity contribution < 1.29 is 0 Å². The van der Waals surface area contributed by atoms with Crippen molar-refractivity contribution in [3.63, 3.8) is 0 Å². The summed E-state index contributed by atoms with van der Waals surface area (Å²) >= 11 is 1.57. The molecule has 1 unspecified atom stereocenters. The fourth-order valence-corrected chi connectivity index (χ4v) is 3.29. The van der Waals surface area contributed by atoms with Crippen LogP contribution in [-0.2, 0) is 0 Å². The second-order valence-electron chi connectivity index (χ2n) is 4.66. The molecule has 21 heavy (non-hydrogen) atoms. The number of hydrogen-bond donors (Lipinski definition) is 2. The van der Waals surface area contributed by atoms with Crippen molar-refractivity contribution in [1.82, 2.24) is 14.6 Å². The van der Waals surface area contributed by atoms with E-state index in [9.17, 15) is 0 Å². The van der Waals surface area contributed by atoms with Crippen LogP contribution >= 0.6 is 11.8 Å². The molecular weight excluding hydrogens is 282 g/mol. The molecule has 1 atom stereocenters. The quantitative estimate of drug-likeness (QED) is 0.431. The van der Waals surface area contributed by atoms with Gasteiger partial charge in [-0.1, -0.05) is 48.2 Å². The zero-order valence-corrected chi connectivity index (χ0v) is 12.1. The van der Waals surface area contributed by atoms with Crippen LogP contribution in [0, 0.1) is 5.41 Å². The van der Waals surface area contributed by atoms with Gasteiger partial charge in [-0.3, -0.25) is 9.81 Å². The molecule has 0 saturated carbocycles. The van der Waals surface area contributed by atoms with Crippen LogP contribution < -0.4 is 5.73 Å². The molecule has 0 aliphatic rings. The van der Waals surface area contributed by atoms with E-state index in [1.54, 1.807) is 11.8 Å². The van der Waals surface area contributed by atoms with Gasteiger partial charge >= 0.3 is 0 Å². The maximum absolute atomic E-state index is 7.59. The summed E-state index contributed by atoms with van der Waals surface area (Å²) < 4.78 is 1.95. The van der Waals surface area contributed by atoms with E-state index in [1.807, 2.05) is 59.1 Å². The average molecular weight is 297 g/mol. The van der Waals surface area contributed by atoms with Gasteiger partial charge in [0.15, 0.2) is 10.8 Å². The first kappa shape index (κ1) is 13.6. The summed E-state index contributed by atoms with van der Waals surface area (Å²) in [7, 11) is 0. The third-order valence-electron chi connectivity index (χ3n) is 3.11. The molecule has 5 nitrogen and oxygen atoms in total. The lowest BCUT2D eigenvalue weighted by Gasteiger charge is -2.15. The lowest BCUT2D eigenvalue weighted by molar-refractivity contribution is 0.899. The SMILES string of the molecule is N=C(N)CC(Sc1nnc2ccccn12)c1ccccc1. The second-order valence-corrected chi connectivity index (χ2v) is 5.83. The predicted octanol–water partition coefficient (Wildman–Crippen LogP) is 2.89. The largest absolute Gasteiger partial charge is 0.388 e. The Morgan fingerprint density at radius 1 is 1.14 bits per heavy atom. The Kier molecular flexibility index (Phi) is 3.87. The molecule has 0 aliphatic carbocycles. The summed E-state index contributed by atoms with van der Waals surface area (Å²) in [5.74, 6) is 0.171. The zero-order chi connectivity index (χ0) is 14.7. The smallest absolute Gasteiger partial charge is 0.196 e. The number of hydrogen-bond acceptors (Lipinski definition) is 4. The number of nitrogens with zero attached hydrogens (tertiary/aromatic N) is 3. The molecule has 3 rings (SSSR count). The van der Waals surface area contributed by atoms with Gasteiger partial charge in [-0.25, -0.2) is 0 Å². The van der Waals surface area contributed by atoms with Gasteiger partial charge in [0.25, 0.3) is 0 Å². The highest BCUT2D eigenvalue weighted by Crippen LogP contribution is 2.36. The molecule has 0 aliphatic heterocycles. The molecule has 0 bridgehead atoms. The normalized spacial score (nSPS) is 12.4. The van der Waals surface area contributed by atoms with Gasteiger partial charge in [0.1, 0.15) is 0 Å². The average Bonchev–Trinajstić information content (AvgIpc) is 2.90. The van der Waals surface area contributed by atoms with Crippen LogP contribution in [-0.4, -0.2) is 20.4 Å². The summed E-state index contributed by atoms with van der Waals surface area (Å²) in [6.07, 6.45) is 2.42. The van der Waals surface area contributed by atoms with Gasteiger partial charge in [-0.15, -0.1) is 10.2 Å². The number of nitrogens with two attached hydrogens (primary N) is 1. The van der Waals surface area contributed by atoms with Crippen LogP contribution in [0.1, 0.15) is 17.2 Å². The molecule has 0 spiro atoms. The monoisotopic (exact) mass is 297 g/mol. The number of fused-ring (bicyclic) bond motifs is 1. The first-order chi connectivity index (χ1) is 10.2. The third kappa shape index (κ3) is 3.05. The standard InChI is InChI=1S/C15H15N5S/c16-13(17)10-12(11-6-2-1-3-7-11)21-15-19-18-14-8-4-5-9-20(14)15/h1-9,12H,10H2,(H3,16,17). The molecule has 3 aromatic rings. The van der Waals surface area contributed by atoms with Crippen LogP contribution in [0.5, 0.6) is 0 Å². The van der Waals surface area contributed by atoms with E-state index in [2.05, 4.69) is 10.2 Å². The minimum absolute atomic E-state index is 0.0521. The molecule has 1 aromatic carbocycles. The molecule has 2 aromatic heterocycles. The van der Waals surface area contributed by atoms with E-state index in [-0.39, 0.29) is 11.1 Å². The Labute approximate surface area is 126 Å². The topological polar surface area (TPSA) is 80.1 Å². The van der Waals surface area contributed by atoms with E-state index in [4.69, 9.17) is 11.1 Å². The van der Waals surface area contributed by atoms with Crippen molar-refractivity contribution in [2.45, 2.75) is 16.8 Å². The number of rotatable bonds is 5. The van der Waals surface area contributed by atoms with Crippen molar-refractivity contribution in [2.75, 3.05) is 0 Å². The Bertz CT molecular complexity index is 753. The van der Waals surface area contributed by atoms with Gasteiger partial charge in [-0.05, 0) is 17.7 Å². The van der Waals surface area contributed by atoms with Crippen molar-refractivity contribution in [2.24, 2.45) is 5.73 Å². The van der Waals surface area contributed by atoms with Crippen LogP contribution in [0.15, 0.2) is 59.9 Å². The second kappa shape index (κ2) is 5.97. The van der Waals surface area contributed by atoms with Crippen molar-refractivity contribution >= 4 is 23.2 Å². The molecule has 2 heterocycles. The Hall–Kier alpha value is -2.34.